The third-order valence-electron chi connectivity index (χ3n) is 5.14. The third-order valence-corrected chi connectivity index (χ3v) is 5.14. The fraction of sp³-hybridized carbons (Fsp3) is 0.250. The van der Waals surface area contributed by atoms with Crippen LogP contribution in [-0.4, -0.2) is 49.1 Å². The molecule has 2 aliphatic rings. The van der Waals surface area contributed by atoms with Gasteiger partial charge in [-0.15, -0.1) is 0 Å². The lowest BCUT2D eigenvalue weighted by Crippen LogP contribution is -2.44. The van der Waals surface area contributed by atoms with E-state index in [1.165, 1.54) is 0 Å². The highest BCUT2D eigenvalue weighted by molar-refractivity contribution is 6.03. The van der Waals surface area contributed by atoms with Crippen LogP contribution in [0.25, 0.3) is 6.08 Å². The molecule has 2 aliphatic heterocycles. The summed E-state index contributed by atoms with van der Waals surface area (Å²) in [6, 6.07) is 16.6. The van der Waals surface area contributed by atoms with E-state index in [4.69, 9.17) is 9.47 Å². The molecule has 0 radical (unpaired) electrons. The van der Waals surface area contributed by atoms with Gasteiger partial charge in [0.05, 0.1) is 13.2 Å². The van der Waals surface area contributed by atoms with Crippen LogP contribution in [0.2, 0.25) is 0 Å². The maximum Gasteiger partial charge on any atom is 0.270 e. The second kappa shape index (κ2) is 8.97. The largest absolute Gasteiger partial charge is 0.485 e. The number of para-hydroxylation sites is 1. The standard InChI is InChI=1S/C24H24N2O4/c1-17-20(15-19-9-5-6-10-22(19)30-17)16-21(24(28)26-11-13-29-14-12-26)25-23(27)18-7-3-2-4-8-18/h2-10,15-17H,11-14H2,1H3,(H,25,27)/b21-16+. The molecule has 0 saturated carbocycles. The Morgan fingerprint density at radius 3 is 2.50 bits per heavy atom. The molecule has 1 unspecified atom stereocenters. The van der Waals surface area contributed by atoms with Gasteiger partial charge in [0.2, 0.25) is 0 Å². The number of morpholine rings is 1. The Bertz CT molecular complexity index is 991. The fourth-order valence-corrected chi connectivity index (χ4v) is 3.46. The summed E-state index contributed by atoms with van der Waals surface area (Å²) in [5.41, 5.74) is 2.48. The van der Waals surface area contributed by atoms with Crippen molar-refractivity contribution in [2.45, 2.75) is 13.0 Å². The molecule has 2 amide bonds. The first-order chi connectivity index (χ1) is 14.6. The van der Waals surface area contributed by atoms with Crippen LogP contribution in [0.4, 0.5) is 0 Å². The molecule has 1 atom stereocenters. The first-order valence-electron chi connectivity index (χ1n) is 10.0. The number of hydrogen-bond acceptors (Lipinski definition) is 4. The molecule has 30 heavy (non-hydrogen) atoms. The van der Waals surface area contributed by atoms with Crippen LogP contribution in [-0.2, 0) is 9.53 Å². The molecule has 6 heteroatoms. The number of ether oxygens (including phenoxy) is 2. The van der Waals surface area contributed by atoms with E-state index in [9.17, 15) is 9.59 Å². The van der Waals surface area contributed by atoms with Gasteiger partial charge >= 0.3 is 0 Å². The highest BCUT2D eigenvalue weighted by atomic mass is 16.5. The summed E-state index contributed by atoms with van der Waals surface area (Å²) in [6.07, 6.45) is 3.46. The Balaban J connectivity index is 1.66. The van der Waals surface area contributed by atoms with Crippen molar-refractivity contribution in [2.24, 2.45) is 0 Å². The number of rotatable bonds is 4. The van der Waals surface area contributed by atoms with Crippen molar-refractivity contribution in [3.8, 4) is 5.75 Å². The van der Waals surface area contributed by atoms with Crippen molar-refractivity contribution < 1.29 is 19.1 Å². The molecule has 1 saturated heterocycles. The van der Waals surface area contributed by atoms with Gasteiger partial charge in [-0.3, -0.25) is 9.59 Å². The molecule has 154 valence electrons. The van der Waals surface area contributed by atoms with Crippen molar-refractivity contribution in [2.75, 3.05) is 26.3 Å². The zero-order valence-corrected chi connectivity index (χ0v) is 16.8. The smallest absolute Gasteiger partial charge is 0.270 e. The average molecular weight is 404 g/mol. The number of fused-ring (bicyclic) bond motifs is 1. The summed E-state index contributed by atoms with van der Waals surface area (Å²) in [5, 5.41) is 2.82. The van der Waals surface area contributed by atoms with Crippen LogP contribution in [0.1, 0.15) is 22.8 Å². The Kier molecular flexibility index (Phi) is 5.95. The second-order valence-electron chi connectivity index (χ2n) is 7.22. The van der Waals surface area contributed by atoms with Crippen molar-refractivity contribution >= 4 is 17.9 Å². The molecule has 1 fully saturated rings. The molecule has 0 spiro atoms. The highest BCUT2D eigenvalue weighted by Gasteiger charge is 2.25. The summed E-state index contributed by atoms with van der Waals surface area (Å²) >= 11 is 0. The van der Waals surface area contributed by atoms with Gasteiger partial charge in [-0.1, -0.05) is 36.4 Å². The topological polar surface area (TPSA) is 67.9 Å². The van der Waals surface area contributed by atoms with E-state index < -0.39 is 0 Å². The molecule has 2 aromatic rings. The summed E-state index contributed by atoms with van der Waals surface area (Å²) < 4.78 is 11.3. The van der Waals surface area contributed by atoms with Crippen LogP contribution in [0.15, 0.2) is 71.9 Å². The number of carbonyl (C=O) groups excluding carboxylic acids is 2. The van der Waals surface area contributed by atoms with E-state index >= 15 is 0 Å². The van der Waals surface area contributed by atoms with Gasteiger partial charge in [0, 0.05) is 24.2 Å². The molecule has 2 heterocycles. The van der Waals surface area contributed by atoms with Crippen molar-refractivity contribution in [1.82, 2.24) is 10.2 Å². The molecule has 0 bridgehead atoms. The van der Waals surface area contributed by atoms with Crippen LogP contribution in [0, 0.1) is 0 Å². The van der Waals surface area contributed by atoms with Crippen molar-refractivity contribution in [3.63, 3.8) is 0 Å². The van der Waals surface area contributed by atoms with Gasteiger partial charge in [-0.05, 0) is 42.8 Å². The molecular weight excluding hydrogens is 380 g/mol. The Hall–Kier alpha value is -3.38. The fourth-order valence-electron chi connectivity index (χ4n) is 3.46. The lowest BCUT2D eigenvalue weighted by molar-refractivity contribution is -0.131. The summed E-state index contributed by atoms with van der Waals surface area (Å²) in [6.45, 7) is 3.88. The van der Waals surface area contributed by atoms with Crippen LogP contribution in [0.5, 0.6) is 5.75 Å². The van der Waals surface area contributed by atoms with Gasteiger partial charge in [-0.25, -0.2) is 0 Å². The first-order valence-corrected chi connectivity index (χ1v) is 10.0. The maximum atomic E-state index is 13.2. The van der Waals surface area contributed by atoms with Crippen LogP contribution < -0.4 is 10.1 Å². The Morgan fingerprint density at radius 2 is 1.73 bits per heavy atom. The lowest BCUT2D eigenvalue weighted by atomic mass is 10.0. The normalized spacial score (nSPS) is 18.7. The molecular formula is C24H24N2O4. The van der Waals surface area contributed by atoms with Gasteiger partial charge < -0.3 is 19.7 Å². The highest BCUT2D eigenvalue weighted by Crippen LogP contribution is 2.30. The number of nitrogens with zero attached hydrogens (tertiary/aromatic N) is 1. The summed E-state index contributed by atoms with van der Waals surface area (Å²) in [4.78, 5) is 27.7. The second-order valence-corrected chi connectivity index (χ2v) is 7.22. The van der Waals surface area contributed by atoms with Gasteiger partial charge in [-0.2, -0.15) is 0 Å². The monoisotopic (exact) mass is 404 g/mol. The van der Waals surface area contributed by atoms with E-state index in [-0.39, 0.29) is 23.6 Å². The molecule has 2 aromatic carbocycles. The van der Waals surface area contributed by atoms with Gasteiger partial charge in [0.15, 0.2) is 0 Å². The van der Waals surface area contributed by atoms with E-state index in [1.54, 1.807) is 35.2 Å². The lowest BCUT2D eigenvalue weighted by Gasteiger charge is -2.28. The van der Waals surface area contributed by atoms with E-state index in [0.717, 1.165) is 16.9 Å². The van der Waals surface area contributed by atoms with Gasteiger partial charge in [0.1, 0.15) is 17.6 Å². The number of hydrogen-bond donors (Lipinski definition) is 1. The van der Waals surface area contributed by atoms with E-state index in [0.29, 0.717) is 31.9 Å². The third kappa shape index (κ3) is 4.44. The molecule has 0 aliphatic carbocycles. The summed E-state index contributed by atoms with van der Waals surface area (Å²) in [7, 11) is 0. The zero-order chi connectivity index (χ0) is 20.9. The minimum atomic E-state index is -0.325. The predicted molar refractivity (Wildman–Crippen MR) is 114 cm³/mol. The number of amides is 2. The van der Waals surface area contributed by atoms with Gasteiger partial charge in [0.25, 0.3) is 11.8 Å². The van der Waals surface area contributed by atoms with Crippen molar-refractivity contribution in [3.05, 3.63) is 83.1 Å². The molecule has 0 aromatic heterocycles. The number of carbonyl (C=O) groups is 2. The van der Waals surface area contributed by atoms with E-state index in [2.05, 4.69) is 5.32 Å². The number of nitrogens with one attached hydrogen (secondary N) is 1. The minimum absolute atomic E-state index is 0.227. The molecule has 4 rings (SSSR count). The predicted octanol–water partition coefficient (Wildman–Crippen LogP) is 3.02. The number of benzene rings is 2. The van der Waals surface area contributed by atoms with E-state index in [1.807, 2.05) is 43.3 Å². The van der Waals surface area contributed by atoms with Crippen molar-refractivity contribution in [1.29, 1.82) is 0 Å². The quantitative estimate of drug-likeness (QED) is 0.796. The van der Waals surface area contributed by atoms with Crippen LogP contribution in [0.3, 0.4) is 0 Å². The summed E-state index contributed by atoms with van der Waals surface area (Å²) in [5.74, 6) is 0.250. The molecule has 1 N–H and O–H groups in total. The first kappa shape index (κ1) is 19.9. The zero-order valence-electron chi connectivity index (χ0n) is 16.8. The minimum Gasteiger partial charge on any atom is -0.485 e. The van der Waals surface area contributed by atoms with Crippen LogP contribution >= 0.6 is 0 Å². The SMILES string of the molecule is CC1Oc2ccccc2C=C1/C=C(/NC(=O)c1ccccc1)C(=O)N1CCOCC1. The Morgan fingerprint density at radius 1 is 1.03 bits per heavy atom. The average Bonchev–Trinajstić information content (AvgIpc) is 2.79. The maximum absolute atomic E-state index is 13.2. The Labute approximate surface area is 175 Å². The molecule has 6 nitrogen and oxygen atoms in total.